The number of carbonyl (C=O) groups excluding carboxylic acids is 1. The highest BCUT2D eigenvalue weighted by Crippen LogP contribution is 2.25. The van der Waals surface area contributed by atoms with Gasteiger partial charge in [-0.2, -0.15) is 0 Å². The summed E-state index contributed by atoms with van der Waals surface area (Å²) in [5.74, 6) is 0.194. The van der Waals surface area contributed by atoms with E-state index in [-0.39, 0.29) is 11.8 Å². The average molecular weight is 373 g/mol. The van der Waals surface area contributed by atoms with Crippen LogP contribution in [0.15, 0.2) is 60.7 Å². The van der Waals surface area contributed by atoms with Gasteiger partial charge in [-0.15, -0.1) is 0 Å². The van der Waals surface area contributed by atoms with Crippen molar-refractivity contribution in [3.8, 4) is 0 Å². The number of hydrogen-bond acceptors (Lipinski definition) is 2. The minimum Gasteiger partial charge on any atom is -0.326 e. The predicted molar refractivity (Wildman–Crippen MR) is 116 cm³/mol. The monoisotopic (exact) mass is 372 g/mol. The van der Waals surface area contributed by atoms with Crippen LogP contribution >= 0.6 is 0 Å². The molecule has 1 N–H and O–H groups in total. The molecule has 1 unspecified atom stereocenters. The summed E-state index contributed by atoms with van der Waals surface area (Å²) in [6.07, 6.45) is 2.03. The first-order valence-electron chi connectivity index (χ1n) is 10.2. The van der Waals surface area contributed by atoms with Gasteiger partial charge in [0.1, 0.15) is 0 Å². The van der Waals surface area contributed by atoms with Crippen LogP contribution in [0.3, 0.4) is 0 Å². The van der Waals surface area contributed by atoms with E-state index < -0.39 is 0 Å². The Labute approximate surface area is 167 Å². The number of piperidine rings is 1. The van der Waals surface area contributed by atoms with E-state index in [9.17, 15) is 4.79 Å². The fraction of sp³-hybridized carbons (Fsp3) is 0.320. The van der Waals surface area contributed by atoms with E-state index in [2.05, 4.69) is 78.7 Å². The molecule has 1 heterocycles. The van der Waals surface area contributed by atoms with E-state index in [1.807, 2.05) is 6.07 Å². The normalized spacial score (nSPS) is 17.6. The van der Waals surface area contributed by atoms with Crippen molar-refractivity contribution in [2.75, 3.05) is 18.4 Å². The van der Waals surface area contributed by atoms with Gasteiger partial charge in [-0.1, -0.05) is 60.2 Å². The number of likely N-dealkylation sites (tertiary alicyclic amines) is 1. The van der Waals surface area contributed by atoms with Gasteiger partial charge in [0, 0.05) is 18.8 Å². The van der Waals surface area contributed by atoms with E-state index >= 15 is 0 Å². The summed E-state index contributed by atoms with van der Waals surface area (Å²) >= 11 is 0. The first kappa shape index (κ1) is 18.7. The Kier molecular flexibility index (Phi) is 5.45. The molecule has 0 aliphatic carbocycles. The zero-order valence-corrected chi connectivity index (χ0v) is 16.7. The van der Waals surface area contributed by atoms with Gasteiger partial charge in [0.05, 0.1) is 5.92 Å². The summed E-state index contributed by atoms with van der Waals surface area (Å²) < 4.78 is 0. The van der Waals surface area contributed by atoms with Crippen molar-refractivity contribution in [1.82, 2.24) is 4.90 Å². The van der Waals surface area contributed by atoms with Crippen LogP contribution in [0.1, 0.15) is 29.5 Å². The number of carbonyl (C=O) groups is 1. The second-order valence-corrected chi connectivity index (χ2v) is 8.02. The van der Waals surface area contributed by atoms with Gasteiger partial charge in [-0.25, -0.2) is 0 Å². The number of anilines is 1. The molecule has 0 saturated carbocycles. The maximum atomic E-state index is 12.9. The Balaban J connectivity index is 1.44. The summed E-state index contributed by atoms with van der Waals surface area (Å²) in [7, 11) is 0. The molecule has 4 rings (SSSR count). The zero-order valence-electron chi connectivity index (χ0n) is 16.7. The molecule has 3 heteroatoms. The fourth-order valence-electron chi connectivity index (χ4n) is 4.27. The Morgan fingerprint density at radius 1 is 1.07 bits per heavy atom. The average Bonchev–Trinajstić information content (AvgIpc) is 2.70. The van der Waals surface area contributed by atoms with Crippen molar-refractivity contribution in [2.45, 2.75) is 33.2 Å². The maximum absolute atomic E-state index is 12.9. The number of nitrogens with zero attached hydrogens (tertiary/aromatic N) is 1. The maximum Gasteiger partial charge on any atom is 0.228 e. The molecule has 28 heavy (non-hydrogen) atoms. The molecule has 1 saturated heterocycles. The third-order valence-corrected chi connectivity index (χ3v) is 5.79. The molecular weight excluding hydrogens is 344 g/mol. The molecule has 3 aromatic rings. The molecule has 144 valence electrons. The van der Waals surface area contributed by atoms with Crippen LogP contribution < -0.4 is 5.32 Å². The number of aryl methyl sites for hydroxylation is 2. The zero-order chi connectivity index (χ0) is 19.5. The molecule has 0 aromatic heterocycles. The van der Waals surface area contributed by atoms with Crippen molar-refractivity contribution < 1.29 is 4.79 Å². The summed E-state index contributed by atoms with van der Waals surface area (Å²) in [5, 5.41) is 5.75. The standard InChI is InChI=1S/C25H28N2O/c1-18-12-13-24(19(2)15-18)26-25(28)22-10-6-14-27(17-22)16-21-9-5-8-20-7-3-4-11-23(20)21/h3-5,7-9,11-13,15,22H,6,10,14,16-17H2,1-2H3,(H,26,28). The second-order valence-electron chi connectivity index (χ2n) is 8.02. The van der Waals surface area contributed by atoms with Crippen LogP contribution in [0, 0.1) is 19.8 Å². The second kappa shape index (κ2) is 8.15. The largest absolute Gasteiger partial charge is 0.326 e. The van der Waals surface area contributed by atoms with Crippen molar-refractivity contribution >= 4 is 22.4 Å². The first-order valence-corrected chi connectivity index (χ1v) is 10.2. The van der Waals surface area contributed by atoms with E-state index in [1.165, 1.54) is 21.9 Å². The molecule has 1 amide bonds. The van der Waals surface area contributed by atoms with Crippen molar-refractivity contribution in [3.63, 3.8) is 0 Å². The lowest BCUT2D eigenvalue weighted by Crippen LogP contribution is -2.40. The smallest absolute Gasteiger partial charge is 0.228 e. The topological polar surface area (TPSA) is 32.3 Å². The molecule has 1 aliphatic rings. The molecular formula is C25H28N2O. The summed E-state index contributed by atoms with van der Waals surface area (Å²) in [6.45, 7) is 6.90. The number of fused-ring (bicyclic) bond motifs is 1. The van der Waals surface area contributed by atoms with Gasteiger partial charge in [0.2, 0.25) is 5.91 Å². The predicted octanol–water partition coefficient (Wildman–Crippen LogP) is 5.31. The van der Waals surface area contributed by atoms with Crippen LogP contribution in [-0.2, 0) is 11.3 Å². The number of benzene rings is 3. The van der Waals surface area contributed by atoms with Crippen LogP contribution in [0.4, 0.5) is 5.69 Å². The van der Waals surface area contributed by atoms with Crippen LogP contribution in [0.5, 0.6) is 0 Å². The lowest BCUT2D eigenvalue weighted by Gasteiger charge is -2.32. The van der Waals surface area contributed by atoms with Gasteiger partial charge in [0.25, 0.3) is 0 Å². The van der Waals surface area contributed by atoms with Crippen molar-refractivity contribution in [2.24, 2.45) is 5.92 Å². The molecule has 1 aliphatic heterocycles. The molecule has 3 aromatic carbocycles. The Morgan fingerprint density at radius 3 is 2.75 bits per heavy atom. The Hall–Kier alpha value is -2.65. The number of amides is 1. The molecule has 3 nitrogen and oxygen atoms in total. The minimum absolute atomic E-state index is 0.0458. The molecule has 0 bridgehead atoms. The molecule has 1 fully saturated rings. The first-order chi connectivity index (χ1) is 13.6. The van der Waals surface area contributed by atoms with Gasteiger partial charge in [-0.05, 0) is 61.2 Å². The quantitative estimate of drug-likeness (QED) is 0.673. The fourth-order valence-corrected chi connectivity index (χ4v) is 4.27. The molecule has 0 spiro atoms. The van der Waals surface area contributed by atoms with Gasteiger partial charge in [-0.3, -0.25) is 9.69 Å². The van der Waals surface area contributed by atoms with E-state index in [0.717, 1.165) is 43.7 Å². The molecule has 1 atom stereocenters. The summed E-state index contributed by atoms with van der Waals surface area (Å²) in [6, 6.07) is 21.2. The van der Waals surface area contributed by atoms with Crippen LogP contribution in [0.2, 0.25) is 0 Å². The Morgan fingerprint density at radius 2 is 1.89 bits per heavy atom. The SMILES string of the molecule is Cc1ccc(NC(=O)C2CCCN(Cc3cccc4ccccc34)C2)c(C)c1. The van der Waals surface area contributed by atoms with E-state index in [4.69, 9.17) is 0 Å². The van der Waals surface area contributed by atoms with Crippen molar-refractivity contribution in [1.29, 1.82) is 0 Å². The highest BCUT2D eigenvalue weighted by Gasteiger charge is 2.26. The Bertz CT molecular complexity index is 990. The number of hydrogen-bond donors (Lipinski definition) is 1. The van der Waals surface area contributed by atoms with Crippen LogP contribution in [0.25, 0.3) is 10.8 Å². The summed E-state index contributed by atoms with van der Waals surface area (Å²) in [5.41, 5.74) is 4.61. The number of rotatable bonds is 4. The highest BCUT2D eigenvalue weighted by atomic mass is 16.1. The highest BCUT2D eigenvalue weighted by molar-refractivity contribution is 5.93. The van der Waals surface area contributed by atoms with Gasteiger partial charge < -0.3 is 5.32 Å². The van der Waals surface area contributed by atoms with Gasteiger partial charge in [0.15, 0.2) is 0 Å². The van der Waals surface area contributed by atoms with Crippen molar-refractivity contribution in [3.05, 3.63) is 77.4 Å². The van der Waals surface area contributed by atoms with Crippen LogP contribution in [-0.4, -0.2) is 23.9 Å². The lowest BCUT2D eigenvalue weighted by atomic mass is 9.95. The van der Waals surface area contributed by atoms with Gasteiger partial charge >= 0.3 is 0 Å². The number of nitrogens with one attached hydrogen (secondary N) is 1. The van der Waals surface area contributed by atoms with E-state index in [0.29, 0.717) is 0 Å². The molecule has 0 radical (unpaired) electrons. The third-order valence-electron chi connectivity index (χ3n) is 5.79. The lowest BCUT2D eigenvalue weighted by molar-refractivity contribution is -0.121. The van der Waals surface area contributed by atoms with E-state index in [1.54, 1.807) is 0 Å². The summed E-state index contributed by atoms with van der Waals surface area (Å²) in [4.78, 5) is 15.3. The minimum atomic E-state index is 0.0458. The third kappa shape index (κ3) is 4.10.